The molecular weight excluding hydrogens is 242 g/mol. The zero-order valence-electron chi connectivity index (χ0n) is 12.9. The molecule has 0 aliphatic heterocycles. The highest BCUT2D eigenvalue weighted by Gasteiger charge is 2.50. The molecule has 0 aromatic carbocycles. The predicted octanol–water partition coefficient (Wildman–Crippen LogP) is 1.79. The molecule has 1 aliphatic rings. The lowest BCUT2D eigenvalue weighted by molar-refractivity contribution is -0.145. The molecular formula is C15H29NO3. The highest BCUT2D eigenvalue weighted by Crippen LogP contribution is 2.44. The average molecular weight is 271 g/mol. The van der Waals surface area contributed by atoms with Crippen LogP contribution in [0.3, 0.4) is 0 Å². The van der Waals surface area contributed by atoms with Crippen molar-refractivity contribution in [3.63, 3.8) is 0 Å². The Balaban J connectivity index is 2.81. The first-order valence-electron chi connectivity index (χ1n) is 7.37. The van der Waals surface area contributed by atoms with Crippen LogP contribution in [0.1, 0.15) is 53.9 Å². The molecule has 0 saturated heterocycles. The van der Waals surface area contributed by atoms with Gasteiger partial charge in [0.1, 0.15) is 0 Å². The normalized spacial score (nSPS) is 31.5. The highest BCUT2D eigenvalue weighted by atomic mass is 16.3. The van der Waals surface area contributed by atoms with Gasteiger partial charge in [0.25, 0.3) is 0 Å². The van der Waals surface area contributed by atoms with Crippen LogP contribution in [0.2, 0.25) is 0 Å². The van der Waals surface area contributed by atoms with E-state index in [0.717, 1.165) is 6.42 Å². The van der Waals surface area contributed by atoms with E-state index < -0.39 is 11.2 Å². The molecule has 1 rings (SSSR count). The Morgan fingerprint density at radius 2 is 1.84 bits per heavy atom. The van der Waals surface area contributed by atoms with Crippen LogP contribution in [0.5, 0.6) is 0 Å². The molecule has 0 unspecified atom stereocenters. The zero-order chi connectivity index (χ0) is 14.8. The number of rotatable bonds is 5. The topological polar surface area (TPSA) is 60.8 Å². The summed E-state index contributed by atoms with van der Waals surface area (Å²) in [6.07, 6.45) is 2.04. The van der Waals surface area contributed by atoms with Gasteiger partial charge in [-0.25, -0.2) is 0 Å². The number of hydrogen-bond acceptors (Lipinski definition) is 3. The van der Waals surface area contributed by atoms with Crippen LogP contribution >= 0.6 is 0 Å². The van der Waals surface area contributed by atoms with E-state index >= 15 is 0 Å². The maximum atomic E-state index is 12.4. The van der Waals surface area contributed by atoms with Gasteiger partial charge in [-0.15, -0.1) is 0 Å². The first-order chi connectivity index (χ1) is 8.63. The molecule has 0 heterocycles. The molecule has 19 heavy (non-hydrogen) atoms. The minimum absolute atomic E-state index is 0.0167. The molecule has 0 radical (unpaired) electrons. The Kier molecular flexibility index (Phi) is 5.02. The quantitative estimate of drug-likeness (QED) is 0.801. The molecule has 1 amide bonds. The summed E-state index contributed by atoms with van der Waals surface area (Å²) in [7, 11) is 0. The van der Waals surface area contributed by atoms with Crippen molar-refractivity contribution >= 4 is 5.91 Å². The molecule has 0 bridgehead atoms. The fraction of sp³-hybridized carbons (Fsp3) is 0.933. The lowest BCUT2D eigenvalue weighted by Crippen LogP contribution is -2.47. The van der Waals surface area contributed by atoms with Crippen LogP contribution in [0.25, 0.3) is 0 Å². The van der Waals surface area contributed by atoms with Crippen molar-refractivity contribution in [3.8, 4) is 0 Å². The lowest BCUT2D eigenvalue weighted by Gasteiger charge is -2.35. The summed E-state index contributed by atoms with van der Waals surface area (Å²) in [5.74, 6) is -0.301. The third-order valence-electron chi connectivity index (χ3n) is 4.45. The average Bonchev–Trinajstić information content (AvgIpc) is 2.54. The van der Waals surface area contributed by atoms with Crippen molar-refractivity contribution in [1.82, 2.24) is 4.90 Å². The fourth-order valence-corrected chi connectivity index (χ4v) is 3.28. The van der Waals surface area contributed by atoms with Crippen molar-refractivity contribution in [2.45, 2.75) is 65.1 Å². The van der Waals surface area contributed by atoms with E-state index in [9.17, 15) is 15.0 Å². The van der Waals surface area contributed by atoms with Crippen LogP contribution in [-0.4, -0.2) is 45.3 Å². The molecule has 0 spiro atoms. The third-order valence-corrected chi connectivity index (χ3v) is 4.45. The van der Waals surface area contributed by atoms with E-state index in [1.807, 2.05) is 13.8 Å². The van der Waals surface area contributed by atoms with Gasteiger partial charge in [0, 0.05) is 13.1 Å². The lowest BCUT2D eigenvalue weighted by atomic mass is 9.80. The largest absolute Gasteiger partial charge is 0.390 e. The SMILES string of the molecule is CCN(CC)C(=O)[C@@H]1CC[C@@H](CC(C)(C)O)[C@]1(C)O. The maximum Gasteiger partial charge on any atom is 0.228 e. The zero-order valence-corrected chi connectivity index (χ0v) is 12.9. The molecule has 4 nitrogen and oxygen atoms in total. The standard InChI is InChI=1S/C15H29NO3/c1-6-16(7-2)13(17)12-9-8-11(15(12,5)19)10-14(3,4)18/h11-12,18-19H,6-10H2,1-5H3/t11-,12-,15-/m0/s1. The molecule has 3 atom stereocenters. The number of aliphatic hydroxyl groups is 2. The Morgan fingerprint density at radius 3 is 2.26 bits per heavy atom. The monoisotopic (exact) mass is 271 g/mol. The van der Waals surface area contributed by atoms with Gasteiger partial charge in [-0.1, -0.05) is 0 Å². The van der Waals surface area contributed by atoms with Crippen molar-refractivity contribution in [2.24, 2.45) is 11.8 Å². The number of amides is 1. The maximum absolute atomic E-state index is 12.4. The van der Waals surface area contributed by atoms with E-state index in [0.29, 0.717) is 25.9 Å². The van der Waals surface area contributed by atoms with Gasteiger partial charge in [0.05, 0.1) is 17.1 Å². The molecule has 2 N–H and O–H groups in total. The van der Waals surface area contributed by atoms with Gasteiger partial charge in [-0.2, -0.15) is 0 Å². The Bertz CT molecular complexity index is 316. The van der Waals surface area contributed by atoms with Crippen LogP contribution < -0.4 is 0 Å². The van der Waals surface area contributed by atoms with Gasteiger partial charge < -0.3 is 15.1 Å². The van der Waals surface area contributed by atoms with Crippen molar-refractivity contribution in [3.05, 3.63) is 0 Å². The summed E-state index contributed by atoms with van der Waals surface area (Å²) >= 11 is 0. The summed E-state index contributed by atoms with van der Waals surface area (Å²) in [4.78, 5) is 14.2. The van der Waals surface area contributed by atoms with Crippen molar-refractivity contribution in [1.29, 1.82) is 0 Å². The van der Waals surface area contributed by atoms with E-state index in [4.69, 9.17) is 0 Å². The summed E-state index contributed by atoms with van der Waals surface area (Å²) in [6.45, 7) is 10.5. The minimum atomic E-state index is -1.01. The molecule has 0 aromatic heterocycles. The van der Waals surface area contributed by atoms with Crippen molar-refractivity contribution in [2.75, 3.05) is 13.1 Å². The summed E-state index contributed by atoms with van der Waals surface area (Å²) in [6, 6.07) is 0. The van der Waals surface area contributed by atoms with Gasteiger partial charge in [-0.05, 0) is 59.8 Å². The second-order valence-corrected chi connectivity index (χ2v) is 6.58. The molecule has 112 valence electrons. The number of carbonyl (C=O) groups is 1. The Morgan fingerprint density at radius 1 is 1.32 bits per heavy atom. The van der Waals surface area contributed by atoms with E-state index in [-0.39, 0.29) is 17.7 Å². The predicted molar refractivity (Wildman–Crippen MR) is 75.7 cm³/mol. The third kappa shape index (κ3) is 3.69. The van der Waals surface area contributed by atoms with E-state index in [2.05, 4.69) is 0 Å². The summed E-state index contributed by atoms with van der Waals surface area (Å²) in [5, 5.41) is 20.7. The van der Waals surface area contributed by atoms with Gasteiger partial charge in [0.15, 0.2) is 0 Å². The molecule has 1 fully saturated rings. The minimum Gasteiger partial charge on any atom is -0.390 e. The Hall–Kier alpha value is -0.610. The van der Waals surface area contributed by atoms with Gasteiger partial charge in [-0.3, -0.25) is 4.79 Å². The Labute approximate surface area is 116 Å². The summed E-state index contributed by atoms with van der Waals surface area (Å²) < 4.78 is 0. The van der Waals surface area contributed by atoms with Crippen LogP contribution in [0.4, 0.5) is 0 Å². The van der Waals surface area contributed by atoms with Crippen LogP contribution in [-0.2, 0) is 4.79 Å². The van der Waals surface area contributed by atoms with Crippen molar-refractivity contribution < 1.29 is 15.0 Å². The highest BCUT2D eigenvalue weighted by molar-refractivity contribution is 5.80. The summed E-state index contributed by atoms with van der Waals surface area (Å²) in [5.41, 5.74) is -1.82. The van der Waals surface area contributed by atoms with E-state index in [1.165, 1.54) is 0 Å². The number of carbonyl (C=O) groups excluding carboxylic acids is 1. The molecule has 0 aromatic rings. The number of hydrogen-bond donors (Lipinski definition) is 2. The van der Waals surface area contributed by atoms with Gasteiger partial charge in [0.2, 0.25) is 5.91 Å². The van der Waals surface area contributed by atoms with Crippen LogP contribution in [0.15, 0.2) is 0 Å². The molecule has 4 heteroatoms. The first-order valence-corrected chi connectivity index (χ1v) is 7.37. The molecule has 1 aliphatic carbocycles. The first kappa shape index (κ1) is 16.4. The number of nitrogens with zero attached hydrogens (tertiary/aromatic N) is 1. The van der Waals surface area contributed by atoms with Gasteiger partial charge >= 0.3 is 0 Å². The molecule has 1 saturated carbocycles. The fourth-order valence-electron chi connectivity index (χ4n) is 3.28. The van der Waals surface area contributed by atoms with Crippen LogP contribution in [0, 0.1) is 11.8 Å². The smallest absolute Gasteiger partial charge is 0.228 e. The second-order valence-electron chi connectivity index (χ2n) is 6.58. The second kappa shape index (κ2) is 5.80. The van der Waals surface area contributed by atoms with E-state index in [1.54, 1.807) is 25.7 Å².